The summed E-state index contributed by atoms with van der Waals surface area (Å²) in [6.45, 7) is 0. The molecule has 0 spiro atoms. The Morgan fingerprint density at radius 1 is 1.38 bits per heavy atom. The Hall–Kier alpha value is -1.84. The molecule has 0 bridgehead atoms. The first-order valence-electron chi connectivity index (χ1n) is 3.98. The van der Waals surface area contributed by atoms with E-state index < -0.39 is 0 Å². The third-order valence-corrected chi connectivity index (χ3v) is 1.83. The summed E-state index contributed by atoms with van der Waals surface area (Å²) in [4.78, 5) is 4.21. The smallest absolute Gasteiger partial charge is 0.146 e. The molecule has 0 saturated carbocycles. The molecule has 0 fully saturated rings. The average molecular weight is 174 g/mol. The van der Waals surface area contributed by atoms with Crippen LogP contribution in [0.15, 0.2) is 30.5 Å². The third kappa shape index (κ3) is 1.38. The highest BCUT2D eigenvalue weighted by Gasteiger charge is 2.04. The zero-order chi connectivity index (χ0) is 9.26. The minimum atomic E-state index is 0.517. The van der Waals surface area contributed by atoms with Crippen LogP contribution in [-0.2, 0) is 7.05 Å². The molecule has 2 N–H and O–H groups in total. The molecule has 2 aromatic rings. The normalized spacial score (nSPS) is 10.2. The van der Waals surface area contributed by atoms with Gasteiger partial charge in [-0.2, -0.15) is 5.10 Å². The van der Waals surface area contributed by atoms with Gasteiger partial charge in [0, 0.05) is 19.3 Å². The van der Waals surface area contributed by atoms with Gasteiger partial charge in [-0.15, -0.1) is 0 Å². The lowest BCUT2D eigenvalue weighted by molar-refractivity contribution is 0.778. The molecule has 0 aromatic carbocycles. The van der Waals surface area contributed by atoms with Gasteiger partial charge < -0.3 is 5.73 Å². The minimum Gasteiger partial charge on any atom is -0.382 e. The molecule has 66 valence electrons. The topological polar surface area (TPSA) is 56.7 Å². The summed E-state index contributed by atoms with van der Waals surface area (Å²) in [6, 6.07) is 7.55. The molecule has 0 saturated heterocycles. The predicted octanol–water partition coefficient (Wildman–Crippen LogP) is 1.06. The molecule has 13 heavy (non-hydrogen) atoms. The summed E-state index contributed by atoms with van der Waals surface area (Å²) in [5.41, 5.74) is 7.37. The Labute approximate surface area is 76.0 Å². The predicted molar refractivity (Wildman–Crippen MR) is 50.9 cm³/mol. The summed E-state index contributed by atoms with van der Waals surface area (Å²) in [5, 5.41) is 4.04. The fraction of sp³-hybridized carbons (Fsp3) is 0.111. The Morgan fingerprint density at radius 3 is 2.77 bits per heavy atom. The van der Waals surface area contributed by atoms with Gasteiger partial charge in [-0.05, 0) is 12.1 Å². The zero-order valence-electron chi connectivity index (χ0n) is 7.31. The van der Waals surface area contributed by atoms with Crippen molar-refractivity contribution in [2.75, 3.05) is 5.73 Å². The summed E-state index contributed by atoms with van der Waals surface area (Å²) in [6.07, 6.45) is 1.75. The van der Waals surface area contributed by atoms with Crippen LogP contribution in [0.3, 0.4) is 0 Å². The maximum Gasteiger partial charge on any atom is 0.146 e. The van der Waals surface area contributed by atoms with Crippen LogP contribution >= 0.6 is 0 Å². The van der Waals surface area contributed by atoms with Gasteiger partial charge in [0.1, 0.15) is 5.82 Å². The molecule has 0 radical (unpaired) electrons. The van der Waals surface area contributed by atoms with Gasteiger partial charge in [0.2, 0.25) is 0 Å². The average Bonchev–Trinajstić information content (AvgIpc) is 2.47. The van der Waals surface area contributed by atoms with Crippen LogP contribution in [0.4, 0.5) is 5.82 Å². The van der Waals surface area contributed by atoms with Gasteiger partial charge >= 0.3 is 0 Å². The molecule has 4 heteroatoms. The van der Waals surface area contributed by atoms with Crippen molar-refractivity contribution >= 4 is 5.82 Å². The van der Waals surface area contributed by atoms with E-state index in [2.05, 4.69) is 10.1 Å². The summed E-state index contributed by atoms with van der Waals surface area (Å²) < 4.78 is 1.72. The van der Waals surface area contributed by atoms with Crippen molar-refractivity contribution in [3.05, 3.63) is 30.5 Å². The van der Waals surface area contributed by atoms with Crippen molar-refractivity contribution in [3.63, 3.8) is 0 Å². The molecule has 0 atom stereocenters. The number of rotatable bonds is 1. The van der Waals surface area contributed by atoms with Crippen molar-refractivity contribution in [3.8, 4) is 11.4 Å². The van der Waals surface area contributed by atoms with Gasteiger partial charge in [0.05, 0.1) is 11.4 Å². The number of nitrogen functional groups attached to an aromatic ring is 1. The lowest BCUT2D eigenvalue weighted by atomic mass is 10.3. The summed E-state index contributed by atoms with van der Waals surface area (Å²) >= 11 is 0. The van der Waals surface area contributed by atoms with Crippen LogP contribution in [0.25, 0.3) is 11.4 Å². The van der Waals surface area contributed by atoms with Crippen LogP contribution in [-0.4, -0.2) is 14.8 Å². The van der Waals surface area contributed by atoms with E-state index >= 15 is 0 Å². The third-order valence-electron chi connectivity index (χ3n) is 1.83. The highest BCUT2D eigenvalue weighted by atomic mass is 15.3. The number of aryl methyl sites for hydroxylation is 1. The molecule has 4 nitrogen and oxygen atoms in total. The van der Waals surface area contributed by atoms with Crippen molar-refractivity contribution < 1.29 is 0 Å². The monoisotopic (exact) mass is 174 g/mol. The van der Waals surface area contributed by atoms with Crippen LogP contribution in [0, 0.1) is 0 Å². The van der Waals surface area contributed by atoms with E-state index in [1.165, 1.54) is 0 Å². The maximum atomic E-state index is 5.56. The van der Waals surface area contributed by atoms with Crippen LogP contribution in [0.2, 0.25) is 0 Å². The second-order valence-corrected chi connectivity index (χ2v) is 2.79. The Balaban J connectivity index is 2.53. The zero-order valence-corrected chi connectivity index (χ0v) is 7.31. The van der Waals surface area contributed by atoms with Gasteiger partial charge in [-0.3, -0.25) is 9.67 Å². The van der Waals surface area contributed by atoms with Gasteiger partial charge in [0.15, 0.2) is 0 Å². The van der Waals surface area contributed by atoms with E-state index in [0.29, 0.717) is 5.82 Å². The quantitative estimate of drug-likeness (QED) is 0.703. The van der Waals surface area contributed by atoms with Crippen molar-refractivity contribution in [1.82, 2.24) is 14.8 Å². The number of pyridine rings is 1. The second-order valence-electron chi connectivity index (χ2n) is 2.79. The number of nitrogens with zero attached hydrogens (tertiary/aromatic N) is 3. The first-order valence-corrected chi connectivity index (χ1v) is 3.98. The molecular weight excluding hydrogens is 164 g/mol. The number of nitrogens with two attached hydrogens (primary N) is 1. The number of hydrogen-bond acceptors (Lipinski definition) is 3. The van der Waals surface area contributed by atoms with Crippen LogP contribution in [0.5, 0.6) is 0 Å². The second kappa shape index (κ2) is 2.90. The maximum absolute atomic E-state index is 5.56. The highest BCUT2D eigenvalue weighted by Crippen LogP contribution is 2.17. The number of aromatic nitrogens is 3. The summed E-state index contributed by atoms with van der Waals surface area (Å²) in [7, 11) is 1.85. The molecule has 0 unspecified atom stereocenters. The van der Waals surface area contributed by atoms with Gasteiger partial charge in [-0.1, -0.05) is 6.07 Å². The molecule has 2 rings (SSSR count). The molecule has 2 heterocycles. The van der Waals surface area contributed by atoms with E-state index in [4.69, 9.17) is 5.73 Å². The van der Waals surface area contributed by atoms with Crippen molar-refractivity contribution in [1.29, 1.82) is 0 Å². The number of anilines is 1. The van der Waals surface area contributed by atoms with Gasteiger partial charge in [-0.25, -0.2) is 0 Å². The minimum absolute atomic E-state index is 0.517. The lowest BCUT2D eigenvalue weighted by Gasteiger charge is -1.98. The Kier molecular flexibility index (Phi) is 1.73. The fourth-order valence-electron chi connectivity index (χ4n) is 1.24. The molecule has 0 amide bonds. The Bertz CT molecular complexity index is 405. The fourth-order valence-corrected chi connectivity index (χ4v) is 1.24. The SMILES string of the molecule is Cn1nc(N)cc1-c1ccccn1. The summed E-state index contributed by atoms with van der Waals surface area (Å²) in [5.74, 6) is 0.517. The Morgan fingerprint density at radius 2 is 2.23 bits per heavy atom. The molecule has 0 aliphatic heterocycles. The van der Waals surface area contributed by atoms with Crippen molar-refractivity contribution in [2.24, 2.45) is 7.05 Å². The first-order chi connectivity index (χ1) is 6.27. The molecular formula is C9H10N4. The first kappa shape index (κ1) is 7.79. The largest absolute Gasteiger partial charge is 0.382 e. The van der Waals surface area contributed by atoms with E-state index in [1.54, 1.807) is 10.9 Å². The van der Waals surface area contributed by atoms with Crippen molar-refractivity contribution in [2.45, 2.75) is 0 Å². The van der Waals surface area contributed by atoms with E-state index in [9.17, 15) is 0 Å². The highest BCUT2D eigenvalue weighted by molar-refractivity contribution is 5.58. The van der Waals surface area contributed by atoms with Crippen LogP contribution < -0.4 is 5.73 Å². The molecule has 0 aliphatic rings. The molecule has 2 aromatic heterocycles. The van der Waals surface area contributed by atoms with E-state index in [0.717, 1.165) is 11.4 Å². The standard InChI is InChI=1S/C9H10N4/c1-13-8(6-9(10)12-13)7-4-2-3-5-11-7/h2-6H,1H3,(H2,10,12). The van der Waals surface area contributed by atoms with E-state index in [1.807, 2.05) is 31.3 Å². The van der Waals surface area contributed by atoms with E-state index in [-0.39, 0.29) is 0 Å². The van der Waals surface area contributed by atoms with Crippen LogP contribution in [0.1, 0.15) is 0 Å². The molecule has 0 aliphatic carbocycles. The lowest BCUT2D eigenvalue weighted by Crippen LogP contribution is -1.95. The van der Waals surface area contributed by atoms with Gasteiger partial charge in [0.25, 0.3) is 0 Å². The number of hydrogen-bond donors (Lipinski definition) is 1.